The standard InChI is InChI=1S/C2H5NO2S/c1-3-6-2(4)5/h4-5H,1H3. The van der Waals surface area contributed by atoms with Crippen LogP contribution in [0.25, 0.3) is 0 Å². The van der Waals surface area contributed by atoms with E-state index in [-0.39, 0.29) is 0 Å². The van der Waals surface area contributed by atoms with Gasteiger partial charge in [-0.25, -0.2) is 4.36 Å². The molecule has 0 spiro atoms. The average molecular weight is 107 g/mol. The molecule has 4 heteroatoms. The summed E-state index contributed by atoms with van der Waals surface area (Å²) in [5, 5.41) is 15.1. The van der Waals surface area contributed by atoms with Crippen molar-refractivity contribution in [2.24, 2.45) is 4.36 Å². The second kappa shape index (κ2) is 3.02. The zero-order valence-electron chi connectivity index (χ0n) is 3.25. The molecule has 0 aromatic heterocycles. The lowest BCUT2D eigenvalue weighted by atomic mass is 11.5. The molecule has 0 amide bonds. The Bertz CT molecular complexity index is 89.7. The fourth-order valence-electron chi connectivity index (χ4n) is 0.0816. The van der Waals surface area contributed by atoms with E-state index in [9.17, 15) is 0 Å². The van der Waals surface area contributed by atoms with E-state index in [0.29, 0.717) is 11.1 Å². The highest BCUT2D eigenvalue weighted by Gasteiger charge is 1.66. The first-order valence-electron chi connectivity index (χ1n) is 1.28. The lowest BCUT2D eigenvalue weighted by Gasteiger charge is -1.68. The molecule has 36 valence electrons. The van der Waals surface area contributed by atoms with Gasteiger partial charge in [-0.05, 0) is 0 Å². The number of aliphatic hydroxyl groups excluding tert-OH is 1. The fourth-order valence-corrected chi connectivity index (χ4v) is 0.245. The summed E-state index contributed by atoms with van der Waals surface area (Å²) in [5.41, 5.74) is 0. The van der Waals surface area contributed by atoms with Crippen LogP contribution in [-0.2, 0) is 11.1 Å². The Balaban J connectivity index is 3.73. The summed E-state index contributed by atoms with van der Waals surface area (Å²) in [5.74, 6) is 0. The lowest BCUT2D eigenvalue weighted by molar-refractivity contribution is 0.385. The molecular formula is C2H5NO2S. The van der Waals surface area contributed by atoms with Crippen LogP contribution in [0.4, 0.5) is 0 Å². The fraction of sp³-hybridized carbons (Fsp3) is 0.500. The van der Waals surface area contributed by atoms with E-state index in [1.165, 1.54) is 7.05 Å². The van der Waals surface area contributed by atoms with E-state index in [0.717, 1.165) is 0 Å². The summed E-state index contributed by atoms with van der Waals surface area (Å²) in [6, 6.07) is 0. The summed E-state index contributed by atoms with van der Waals surface area (Å²) in [7, 11) is 1.47. The lowest BCUT2D eigenvalue weighted by Crippen LogP contribution is -1.87. The Hall–Kier alpha value is -0.190. The molecule has 0 heterocycles. The molecule has 0 aliphatic rings. The number of hydrogen-bond donors (Lipinski definition) is 2. The van der Waals surface area contributed by atoms with Crippen molar-refractivity contribution in [2.75, 3.05) is 7.05 Å². The molecule has 0 aliphatic heterocycles. The molecule has 0 aromatic carbocycles. The first kappa shape index (κ1) is 5.81. The molecule has 3 nitrogen and oxygen atoms in total. The van der Waals surface area contributed by atoms with Gasteiger partial charge < -0.3 is 10.2 Å². The topological polar surface area (TPSA) is 52.8 Å². The summed E-state index contributed by atoms with van der Waals surface area (Å²) in [4.78, 5) is 0. The van der Waals surface area contributed by atoms with Crippen molar-refractivity contribution in [3.05, 3.63) is 0 Å². The predicted molar refractivity (Wildman–Crippen MR) is 26.0 cm³/mol. The number of rotatable bonds is 0. The van der Waals surface area contributed by atoms with Crippen LogP contribution in [0.2, 0.25) is 0 Å². The van der Waals surface area contributed by atoms with Gasteiger partial charge in [0.1, 0.15) is 0 Å². The van der Waals surface area contributed by atoms with Crippen molar-refractivity contribution in [3.8, 4) is 0 Å². The third kappa shape index (κ3) is 3.81. The maximum absolute atomic E-state index is 7.89. The van der Waals surface area contributed by atoms with Gasteiger partial charge in [-0.3, -0.25) is 0 Å². The Morgan fingerprint density at radius 1 is 1.67 bits per heavy atom. The largest absolute Gasteiger partial charge is 0.332 e. The highest BCUT2D eigenvalue weighted by atomic mass is 32.1. The second-order valence-electron chi connectivity index (χ2n) is 0.556. The molecule has 2 N–H and O–H groups in total. The molecule has 0 atom stereocenters. The number of hydrogen-bond acceptors (Lipinski definition) is 1. The SMILES string of the molecule is CN=S=C(O)O. The molecule has 0 unspecified atom stereocenters. The van der Waals surface area contributed by atoms with Crippen LogP contribution in [0.3, 0.4) is 0 Å². The van der Waals surface area contributed by atoms with Crippen molar-refractivity contribution in [1.82, 2.24) is 0 Å². The van der Waals surface area contributed by atoms with Crippen LogP contribution in [0, 0.1) is 0 Å². The molecule has 0 bridgehead atoms. The highest BCUT2D eigenvalue weighted by Crippen LogP contribution is 1.49. The van der Waals surface area contributed by atoms with Gasteiger partial charge in [0.25, 0.3) is 5.24 Å². The Morgan fingerprint density at radius 3 is 2.17 bits per heavy atom. The molecule has 0 saturated carbocycles. The minimum atomic E-state index is -0.711. The normalized spacial score (nSPS) is 7.17. The van der Waals surface area contributed by atoms with Crippen molar-refractivity contribution in [3.63, 3.8) is 0 Å². The van der Waals surface area contributed by atoms with Crippen LogP contribution < -0.4 is 0 Å². The van der Waals surface area contributed by atoms with Crippen molar-refractivity contribution >= 4 is 16.4 Å². The van der Waals surface area contributed by atoms with Crippen LogP contribution in [0.15, 0.2) is 4.36 Å². The number of aliphatic hydroxyl groups is 2. The van der Waals surface area contributed by atoms with Crippen LogP contribution in [0.1, 0.15) is 0 Å². The molecule has 0 fully saturated rings. The second-order valence-corrected chi connectivity index (χ2v) is 1.47. The van der Waals surface area contributed by atoms with Crippen molar-refractivity contribution < 1.29 is 10.2 Å². The van der Waals surface area contributed by atoms with Gasteiger partial charge in [0.15, 0.2) is 0 Å². The average Bonchev–Trinajstić information content (AvgIpc) is 1.35. The summed E-state index contributed by atoms with van der Waals surface area (Å²) >= 11 is 0.639. The smallest absolute Gasteiger partial charge is 0.255 e. The zero-order chi connectivity index (χ0) is 4.99. The van der Waals surface area contributed by atoms with E-state index in [4.69, 9.17) is 10.2 Å². The summed E-state index contributed by atoms with van der Waals surface area (Å²) in [6.07, 6.45) is 0. The van der Waals surface area contributed by atoms with E-state index in [1.807, 2.05) is 0 Å². The van der Waals surface area contributed by atoms with Gasteiger partial charge in [-0.15, -0.1) is 0 Å². The van der Waals surface area contributed by atoms with E-state index in [1.54, 1.807) is 0 Å². The van der Waals surface area contributed by atoms with Gasteiger partial charge in [0.05, 0.1) is 0 Å². The van der Waals surface area contributed by atoms with Gasteiger partial charge in [0, 0.05) is 18.2 Å². The maximum Gasteiger partial charge on any atom is 0.255 e. The van der Waals surface area contributed by atoms with Crippen LogP contribution >= 0.6 is 0 Å². The van der Waals surface area contributed by atoms with Gasteiger partial charge in [-0.2, -0.15) is 0 Å². The van der Waals surface area contributed by atoms with Gasteiger partial charge >= 0.3 is 0 Å². The quantitative estimate of drug-likeness (QED) is 0.431. The molecule has 0 saturated heterocycles. The molecule has 6 heavy (non-hydrogen) atoms. The molecular weight excluding hydrogens is 102 g/mol. The highest BCUT2D eigenvalue weighted by molar-refractivity contribution is 7.67. The third-order valence-corrected chi connectivity index (χ3v) is 0.519. The molecule has 0 radical (unpaired) electrons. The zero-order valence-corrected chi connectivity index (χ0v) is 4.07. The first-order valence-corrected chi connectivity index (χ1v) is 2.05. The van der Waals surface area contributed by atoms with Crippen LogP contribution in [0.5, 0.6) is 0 Å². The van der Waals surface area contributed by atoms with Crippen LogP contribution in [-0.4, -0.2) is 22.5 Å². The maximum atomic E-state index is 7.89. The van der Waals surface area contributed by atoms with Crippen molar-refractivity contribution in [2.45, 2.75) is 0 Å². The van der Waals surface area contributed by atoms with Gasteiger partial charge in [-0.1, -0.05) is 0 Å². The molecule has 0 aliphatic carbocycles. The van der Waals surface area contributed by atoms with Crippen molar-refractivity contribution in [1.29, 1.82) is 0 Å². The third-order valence-electron chi connectivity index (χ3n) is 0.173. The van der Waals surface area contributed by atoms with E-state index in [2.05, 4.69) is 4.36 Å². The minimum Gasteiger partial charge on any atom is -0.332 e. The van der Waals surface area contributed by atoms with Gasteiger partial charge in [0.2, 0.25) is 0 Å². The number of nitrogens with zero attached hydrogens (tertiary/aromatic N) is 1. The first-order chi connectivity index (χ1) is 2.77. The Morgan fingerprint density at radius 2 is 2.17 bits per heavy atom. The Kier molecular flexibility index (Phi) is 2.92. The summed E-state index contributed by atoms with van der Waals surface area (Å²) < 4.78 is 3.31. The predicted octanol–water partition coefficient (Wildman–Crippen LogP) is 0.0858. The molecule has 0 aromatic rings. The van der Waals surface area contributed by atoms with E-state index < -0.39 is 5.24 Å². The molecule has 0 rings (SSSR count). The van der Waals surface area contributed by atoms with E-state index >= 15 is 0 Å². The summed E-state index contributed by atoms with van der Waals surface area (Å²) in [6.45, 7) is 0. The monoisotopic (exact) mass is 107 g/mol. The minimum absolute atomic E-state index is 0.639. The Labute approximate surface area is 39.0 Å².